The molecule has 0 bridgehead atoms. The van der Waals surface area contributed by atoms with Crippen molar-refractivity contribution in [3.8, 4) is 0 Å². The molecular formula is C20H27IN6O. The van der Waals surface area contributed by atoms with E-state index in [1.165, 1.54) is 0 Å². The number of aromatic nitrogens is 2. The molecule has 8 heteroatoms. The van der Waals surface area contributed by atoms with E-state index >= 15 is 0 Å². The highest BCUT2D eigenvalue weighted by Gasteiger charge is 2.22. The predicted octanol–water partition coefficient (Wildman–Crippen LogP) is 3.94. The molecule has 2 amide bonds. The molecule has 0 unspecified atom stereocenters. The van der Waals surface area contributed by atoms with Crippen LogP contribution in [-0.4, -0.2) is 42.7 Å². The van der Waals surface area contributed by atoms with Crippen molar-refractivity contribution >= 4 is 46.1 Å². The van der Waals surface area contributed by atoms with Gasteiger partial charge in [-0.3, -0.25) is 0 Å². The molecule has 28 heavy (non-hydrogen) atoms. The van der Waals surface area contributed by atoms with Gasteiger partial charge in [-0.25, -0.2) is 9.78 Å². The van der Waals surface area contributed by atoms with Crippen molar-refractivity contribution in [1.29, 1.82) is 0 Å². The lowest BCUT2D eigenvalue weighted by atomic mass is 9.86. The Morgan fingerprint density at radius 3 is 2.64 bits per heavy atom. The molecule has 3 N–H and O–H groups in total. The summed E-state index contributed by atoms with van der Waals surface area (Å²) in [5.41, 5.74) is 0.841. The van der Waals surface area contributed by atoms with E-state index in [1.54, 1.807) is 6.20 Å². The minimum Gasteiger partial charge on any atom is -0.363 e. The van der Waals surface area contributed by atoms with Crippen LogP contribution in [0.5, 0.6) is 0 Å². The first kappa shape index (κ1) is 20.6. The van der Waals surface area contributed by atoms with E-state index in [4.69, 9.17) is 0 Å². The third kappa shape index (κ3) is 5.95. The zero-order chi connectivity index (χ0) is 19.9. The molecule has 2 aromatic rings. The van der Waals surface area contributed by atoms with Gasteiger partial charge in [-0.05, 0) is 72.4 Å². The van der Waals surface area contributed by atoms with Crippen LogP contribution < -0.4 is 20.9 Å². The standard InChI is InChI=1S/C20H27IN6O/c1-27(2)18-11-12-22-19(26-18)24-15-9-7-14(8-10-15)13-23-20(28)25-17-6-4-3-5-16(17)21/h3-6,11-12,14-15H,7-10,13H2,1-2H3,(H,22,24,26)(H2,23,25,28). The number of hydrogen-bond acceptors (Lipinski definition) is 5. The average Bonchev–Trinajstić information content (AvgIpc) is 2.69. The van der Waals surface area contributed by atoms with Crippen LogP contribution in [0.4, 0.5) is 22.2 Å². The van der Waals surface area contributed by atoms with Crippen molar-refractivity contribution in [3.05, 3.63) is 40.1 Å². The Kier molecular flexibility index (Phi) is 7.30. The second-order valence-corrected chi connectivity index (χ2v) is 8.47. The molecule has 0 radical (unpaired) electrons. The van der Waals surface area contributed by atoms with Crippen LogP contribution in [0.3, 0.4) is 0 Å². The Morgan fingerprint density at radius 1 is 1.18 bits per heavy atom. The summed E-state index contributed by atoms with van der Waals surface area (Å²) in [6.07, 6.45) is 6.05. The minimum atomic E-state index is -0.140. The highest BCUT2D eigenvalue weighted by Crippen LogP contribution is 2.26. The third-order valence-corrected chi connectivity index (χ3v) is 5.89. The van der Waals surface area contributed by atoms with Crippen molar-refractivity contribution in [2.45, 2.75) is 31.7 Å². The molecule has 0 spiro atoms. The van der Waals surface area contributed by atoms with Crippen molar-refractivity contribution in [1.82, 2.24) is 15.3 Å². The van der Waals surface area contributed by atoms with Crippen LogP contribution in [0.1, 0.15) is 25.7 Å². The molecule has 0 saturated heterocycles. The number of carbonyl (C=O) groups excluding carboxylic acids is 1. The van der Waals surface area contributed by atoms with E-state index in [2.05, 4.69) is 48.5 Å². The number of rotatable bonds is 6. The number of carbonyl (C=O) groups is 1. The Hall–Kier alpha value is -2.10. The fourth-order valence-electron chi connectivity index (χ4n) is 3.33. The molecule has 0 aliphatic heterocycles. The second kappa shape index (κ2) is 9.90. The van der Waals surface area contributed by atoms with Crippen LogP contribution >= 0.6 is 22.6 Å². The fourth-order valence-corrected chi connectivity index (χ4v) is 3.85. The van der Waals surface area contributed by atoms with Gasteiger partial charge < -0.3 is 20.9 Å². The summed E-state index contributed by atoms with van der Waals surface area (Å²) >= 11 is 2.22. The van der Waals surface area contributed by atoms with E-state index in [-0.39, 0.29) is 6.03 Å². The van der Waals surface area contributed by atoms with Gasteiger partial charge in [0.15, 0.2) is 0 Å². The smallest absolute Gasteiger partial charge is 0.319 e. The Balaban J connectivity index is 1.40. The fraction of sp³-hybridized carbons (Fsp3) is 0.450. The van der Waals surface area contributed by atoms with Crippen LogP contribution in [0.2, 0.25) is 0 Å². The minimum absolute atomic E-state index is 0.140. The monoisotopic (exact) mass is 494 g/mol. The lowest BCUT2D eigenvalue weighted by molar-refractivity contribution is 0.246. The van der Waals surface area contributed by atoms with Crippen LogP contribution in [0.25, 0.3) is 0 Å². The van der Waals surface area contributed by atoms with Crippen molar-refractivity contribution in [2.75, 3.05) is 36.2 Å². The van der Waals surface area contributed by atoms with Crippen LogP contribution in [0.15, 0.2) is 36.5 Å². The SMILES string of the molecule is CN(C)c1ccnc(NC2CCC(CNC(=O)Nc3ccccc3I)CC2)n1. The molecule has 0 atom stereocenters. The van der Waals surface area contributed by atoms with E-state index in [1.807, 2.05) is 49.3 Å². The zero-order valence-corrected chi connectivity index (χ0v) is 18.4. The van der Waals surface area contributed by atoms with E-state index in [0.29, 0.717) is 24.5 Å². The quantitative estimate of drug-likeness (QED) is 0.531. The highest BCUT2D eigenvalue weighted by atomic mass is 127. The van der Waals surface area contributed by atoms with Crippen molar-refractivity contribution in [2.24, 2.45) is 5.92 Å². The lowest BCUT2D eigenvalue weighted by Gasteiger charge is -2.29. The summed E-state index contributed by atoms with van der Waals surface area (Å²) in [5.74, 6) is 2.09. The van der Waals surface area contributed by atoms with Gasteiger partial charge in [0.1, 0.15) is 5.82 Å². The Labute approximate surface area is 179 Å². The number of anilines is 3. The number of amides is 2. The van der Waals surface area contributed by atoms with E-state index in [9.17, 15) is 4.79 Å². The molecule has 1 aromatic heterocycles. The molecule has 1 saturated carbocycles. The second-order valence-electron chi connectivity index (χ2n) is 7.31. The normalized spacial score (nSPS) is 19.0. The maximum atomic E-state index is 12.1. The molecule has 7 nitrogen and oxygen atoms in total. The number of halogens is 1. The van der Waals surface area contributed by atoms with Crippen LogP contribution in [-0.2, 0) is 0 Å². The van der Waals surface area contributed by atoms with E-state index < -0.39 is 0 Å². The summed E-state index contributed by atoms with van der Waals surface area (Å²) in [6.45, 7) is 0.703. The molecule has 1 aliphatic rings. The first-order valence-corrected chi connectivity index (χ1v) is 10.7. The maximum absolute atomic E-state index is 12.1. The first-order valence-electron chi connectivity index (χ1n) is 9.57. The average molecular weight is 494 g/mol. The van der Waals surface area contributed by atoms with Gasteiger partial charge in [0.2, 0.25) is 5.95 Å². The van der Waals surface area contributed by atoms with Gasteiger partial charge in [-0.1, -0.05) is 12.1 Å². The molecule has 3 rings (SSSR count). The first-order chi connectivity index (χ1) is 13.5. The van der Waals surface area contributed by atoms with Gasteiger partial charge in [0, 0.05) is 36.4 Å². The molecule has 150 valence electrons. The molecule has 1 aliphatic carbocycles. The van der Waals surface area contributed by atoms with Gasteiger partial charge in [-0.15, -0.1) is 0 Å². The molecule has 1 fully saturated rings. The summed E-state index contributed by atoms with van der Waals surface area (Å²) in [7, 11) is 3.94. The number of hydrogen-bond donors (Lipinski definition) is 3. The third-order valence-electron chi connectivity index (χ3n) is 4.95. The topological polar surface area (TPSA) is 82.2 Å². The molecule has 1 aromatic carbocycles. The number of nitrogens with one attached hydrogen (secondary N) is 3. The van der Waals surface area contributed by atoms with Crippen LogP contribution in [0, 0.1) is 9.49 Å². The Morgan fingerprint density at radius 2 is 1.93 bits per heavy atom. The van der Waals surface area contributed by atoms with Gasteiger partial charge >= 0.3 is 6.03 Å². The highest BCUT2D eigenvalue weighted by molar-refractivity contribution is 14.1. The predicted molar refractivity (Wildman–Crippen MR) is 122 cm³/mol. The molecular weight excluding hydrogens is 467 g/mol. The number of benzene rings is 1. The largest absolute Gasteiger partial charge is 0.363 e. The number of urea groups is 1. The summed E-state index contributed by atoms with van der Waals surface area (Å²) < 4.78 is 1.03. The number of para-hydroxylation sites is 1. The maximum Gasteiger partial charge on any atom is 0.319 e. The van der Waals surface area contributed by atoms with Gasteiger partial charge in [0.25, 0.3) is 0 Å². The Bertz CT molecular complexity index is 792. The zero-order valence-electron chi connectivity index (χ0n) is 16.3. The summed E-state index contributed by atoms with van der Waals surface area (Å²) in [4.78, 5) is 23.0. The summed E-state index contributed by atoms with van der Waals surface area (Å²) in [5, 5.41) is 9.37. The summed E-state index contributed by atoms with van der Waals surface area (Å²) in [6, 6.07) is 9.90. The molecule has 1 heterocycles. The van der Waals surface area contributed by atoms with E-state index in [0.717, 1.165) is 40.8 Å². The van der Waals surface area contributed by atoms with Crippen molar-refractivity contribution < 1.29 is 4.79 Å². The lowest BCUT2D eigenvalue weighted by Crippen LogP contribution is -2.36. The van der Waals surface area contributed by atoms with Crippen molar-refractivity contribution in [3.63, 3.8) is 0 Å². The van der Waals surface area contributed by atoms with Gasteiger partial charge in [-0.2, -0.15) is 4.98 Å². The number of nitrogens with zero attached hydrogens (tertiary/aromatic N) is 3. The van der Waals surface area contributed by atoms with Gasteiger partial charge in [0.05, 0.1) is 5.69 Å².